The molecule has 3 aromatic rings. The Labute approximate surface area is 161 Å². The van der Waals surface area contributed by atoms with Crippen molar-refractivity contribution in [2.24, 2.45) is 0 Å². The topological polar surface area (TPSA) is 66.2 Å². The summed E-state index contributed by atoms with van der Waals surface area (Å²) in [4.78, 5) is 20.5. The molecule has 1 aliphatic rings. The number of halogens is 2. The number of rotatable bonds is 6. The summed E-state index contributed by atoms with van der Waals surface area (Å²) >= 11 is 0. The monoisotopic (exact) mass is 385 g/mol. The van der Waals surface area contributed by atoms with Crippen LogP contribution in [0.5, 0.6) is 0 Å². The highest BCUT2D eigenvalue weighted by molar-refractivity contribution is 6.09. The maximum absolute atomic E-state index is 14.6. The normalized spacial score (nSPS) is 13.6. The third-order valence-electron chi connectivity index (χ3n) is 4.96. The summed E-state index contributed by atoms with van der Waals surface area (Å²) in [7, 11) is 0. The first-order valence-electron chi connectivity index (χ1n) is 9.34. The van der Waals surface area contributed by atoms with E-state index >= 15 is 0 Å². The Bertz CT molecular complexity index is 1050. The SMILES string of the molecule is CCCCNCc1ccc(-c2[nH]c3cc(F)cc4c3c2CONC4=O)cc1F. The molecule has 0 saturated carbocycles. The summed E-state index contributed by atoms with van der Waals surface area (Å²) in [5.74, 6) is -1.35. The van der Waals surface area contributed by atoms with Gasteiger partial charge in [0.15, 0.2) is 0 Å². The summed E-state index contributed by atoms with van der Waals surface area (Å²) in [6.45, 7) is 3.51. The molecule has 0 bridgehead atoms. The fourth-order valence-electron chi connectivity index (χ4n) is 3.54. The first-order chi connectivity index (χ1) is 13.6. The number of H-pyrrole nitrogens is 1. The third kappa shape index (κ3) is 3.39. The van der Waals surface area contributed by atoms with Crippen molar-refractivity contribution >= 4 is 16.8 Å². The number of nitrogens with one attached hydrogen (secondary N) is 3. The third-order valence-corrected chi connectivity index (χ3v) is 4.96. The van der Waals surface area contributed by atoms with Crippen LogP contribution >= 0.6 is 0 Å². The van der Waals surface area contributed by atoms with Crippen LogP contribution in [0.4, 0.5) is 8.78 Å². The molecule has 1 aromatic heterocycles. The zero-order chi connectivity index (χ0) is 19.7. The number of carbonyl (C=O) groups excluding carboxylic acids is 1. The van der Waals surface area contributed by atoms with Crippen molar-refractivity contribution in [1.82, 2.24) is 15.8 Å². The number of benzene rings is 2. The van der Waals surface area contributed by atoms with E-state index in [2.05, 4.69) is 22.7 Å². The fraction of sp³-hybridized carbons (Fsp3) is 0.286. The molecule has 7 heteroatoms. The van der Waals surface area contributed by atoms with E-state index in [1.807, 2.05) is 6.07 Å². The van der Waals surface area contributed by atoms with Gasteiger partial charge in [0.05, 0.1) is 11.3 Å². The second-order valence-electron chi connectivity index (χ2n) is 6.91. The Hall–Kier alpha value is -2.77. The van der Waals surface area contributed by atoms with Gasteiger partial charge in [0.2, 0.25) is 0 Å². The molecule has 1 amide bonds. The summed E-state index contributed by atoms with van der Waals surface area (Å²) < 4.78 is 28.6. The average molecular weight is 385 g/mol. The van der Waals surface area contributed by atoms with Crippen molar-refractivity contribution in [3.63, 3.8) is 0 Å². The largest absolute Gasteiger partial charge is 0.354 e. The van der Waals surface area contributed by atoms with Crippen LogP contribution in [0, 0.1) is 11.6 Å². The lowest BCUT2D eigenvalue weighted by Crippen LogP contribution is -2.21. The molecule has 0 spiro atoms. The van der Waals surface area contributed by atoms with Gasteiger partial charge in [-0.3, -0.25) is 9.63 Å². The van der Waals surface area contributed by atoms with Crippen LogP contribution in [0.1, 0.15) is 41.3 Å². The van der Waals surface area contributed by atoms with Gasteiger partial charge in [0.1, 0.15) is 18.2 Å². The predicted octanol–water partition coefficient (Wildman–Crippen LogP) is 4.18. The van der Waals surface area contributed by atoms with E-state index in [0.717, 1.165) is 19.4 Å². The molecular formula is C21H21F2N3O2. The van der Waals surface area contributed by atoms with E-state index in [1.54, 1.807) is 6.07 Å². The number of aromatic nitrogens is 1. The van der Waals surface area contributed by atoms with E-state index < -0.39 is 11.7 Å². The van der Waals surface area contributed by atoms with Gasteiger partial charge in [-0.25, -0.2) is 14.3 Å². The van der Waals surface area contributed by atoms with Crippen molar-refractivity contribution in [1.29, 1.82) is 0 Å². The van der Waals surface area contributed by atoms with Crippen LogP contribution in [-0.4, -0.2) is 17.4 Å². The van der Waals surface area contributed by atoms with Gasteiger partial charge in [-0.05, 0) is 31.2 Å². The lowest BCUT2D eigenvalue weighted by Gasteiger charge is -2.09. The Morgan fingerprint density at radius 3 is 2.86 bits per heavy atom. The molecule has 0 atom stereocenters. The summed E-state index contributed by atoms with van der Waals surface area (Å²) in [5.41, 5.74) is 5.48. The zero-order valence-electron chi connectivity index (χ0n) is 15.5. The molecule has 0 unspecified atom stereocenters. The van der Waals surface area contributed by atoms with Gasteiger partial charge >= 0.3 is 0 Å². The highest BCUT2D eigenvalue weighted by atomic mass is 19.1. The Morgan fingerprint density at radius 2 is 2.07 bits per heavy atom. The summed E-state index contributed by atoms with van der Waals surface area (Å²) in [5, 5.41) is 3.82. The summed E-state index contributed by atoms with van der Waals surface area (Å²) in [6.07, 6.45) is 2.13. The molecule has 0 fully saturated rings. The molecule has 5 nitrogen and oxygen atoms in total. The fourth-order valence-corrected chi connectivity index (χ4v) is 3.54. The van der Waals surface area contributed by atoms with Crippen LogP contribution in [0.25, 0.3) is 22.2 Å². The van der Waals surface area contributed by atoms with Crippen molar-refractivity contribution in [3.05, 3.63) is 58.7 Å². The van der Waals surface area contributed by atoms with Crippen LogP contribution in [0.15, 0.2) is 30.3 Å². The number of unbranched alkanes of at least 4 members (excludes halogenated alkanes) is 1. The number of carbonyl (C=O) groups is 1. The molecule has 146 valence electrons. The summed E-state index contributed by atoms with van der Waals surface area (Å²) in [6, 6.07) is 7.52. The van der Waals surface area contributed by atoms with Crippen molar-refractivity contribution in [2.45, 2.75) is 32.9 Å². The van der Waals surface area contributed by atoms with Crippen molar-refractivity contribution in [2.75, 3.05) is 6.54 Å². The quantitative estimate of drug-likeness (QED) is 0.558. The Balaban J connectivity index is 1.73. The Kier molecular flexibility index (Phi) is 5.11. The highest BCUT2D eigenvalue weighted by Gasteiger charge is 2.24. The molecule has 0 saturated heterocycles. The van der Waals surface area contributed by atoms with Crippen LogP contribution in [-0.2, 0) is 18.0 Å². The first-order valence-corrected chi connectivity index (χ1v) is 9.34. The molecule has 2 heterocycles. The number of amides is 1. The van der Waals surface area contributed by atoms with E-state index in [9.17, 15) is 13.6 Å². The number of aromatic amines is 1. The molecule has 3 N–H and O–H groups in total. The van der Waals surface area contributed by atoms with Gasteiger partial charge in [0, 0.05) is 34.1 Å². The maximum Gasteiger partial charge on any atom is 0.275 e. The number of hydroxylamine groups is 1. The molecule has 1 aliphatic heterocycles. The molecule has 0 aliphatic carbocycles. The number of hydrogen-bond acceptors (Lipinski definition) is 3. The second-order valence-corrected chi connectivity index (χ2v) is 6.91. The van der Waals surface area contributed by atoms with E-state index in [4.69, 9.17) is 4.84 Å². The van der Waals surface area contributed by atoms with Gasteiger partial charge in [-0.15, -0.1) is 0 Å². The second kappa shape index (κ2) is 7.69. The minimum Gasteiger partial charge on any atom is -0.354 e. The minimum atomic E-state index is -0.529. The van der Waals surface area contributed by atoms with Crippen molar-refractivity contribution in [3.8, 4) is 11.3 Å². The molecule has 28 heavy (non-hydrogen) atoms. The standard InChI is InChI=1S/C21H21F2N3O2/c1-2-3-6-24-10-13-5-4-12(7-17(13)23)20-16-11-28-26-21(27)15-8-14(22)9-18(25-20)19(15)16/h4-5,7-9,24-25H,2-3,6,10-11H2,1H3,(H,26,27). The van der Waals surface area contributed by atoms with Crippen LogP contribution in [0.3, 0.4) is 0 Å². The predicted molar refractivity (Wildman–Crippen MR) is 103 cm³/mol. The average Bonchev–Trinajstić information content (AvgIpc) is 2.94. The van der Waals surface area contributed by atoms with E-state index in [1.165, 1.54) is 18.2 Å². The number of hydrogen-bond donors (Lipinski definition) is 3. The van der Waals surface area contributed by atoms with Crippen LogP contribution < -0.4 is 10.8 Å². The highest BCUT2D eigenvalue weighted by Crippen LogP contribution is 2.35. The van der Waals surface area contributed by atoms with Gasteiger partial charge in [-0.1, -0.05) is 25.5 Å². The maximum atomic E-state index is 14.6. The van der Waals surface area contributed by atoms with Gasteiger partial charge in [0.25, 0.3) is 5.91 Å². The van der Waals surface area contributed by atoms with E-state index in [-0.39, 0.29) is 18.0 Å². The van der Waals surface area contributed by atoms with Crippen LogP contribution in [0.2, 0.25) is 0 Å². The molecule has 4 rings (SSSR count). The minimum absolute atomic E-state index is 0.0989. The molecule has 0 radical (unpaired) electrons. The van der Waals surface area contributed by atoms with Gasteiger partial charge < -0.3 is 10.3 Å². The Morgan fingerprint density at radius 1 is 1.21 bits per heavy atom. The zero-order valence-corrected chi connectivity index (χ0v) is 15.5. The van der Waals surface area contributed by atoms with Crippen molar-refractivity contribution < 1.29 is 18.4 Å². The molecule has 2 aromatic carbocycles. The molecular weight excluding hydrogens is 364 g/mol. The van der Waals surface area contributed by atoms with E-state index in [0.29, 0.717) is 39.8 Å². The first kappa shape index (κ1) is 18.6. The van der Waals surface area contributed by atoms with Gasteiger partial charge in [-0.2, -0.15) is 0 Å². The lowest BCUT2D eigenvalue weighted by molar-refractivity contribution is 0.0255. The lowest BCUT2D eigenvalue weighted by atomic mass is 10.0. The smallest absolute Gasteiger partial charge is 0.275 e.